The maximum atomic E-state index is 5.97. The molecule has 7 rings (SSSR count). The monoisotopic (exact) mass is 478 g/mol. The van der Waals surface area contributed by atoms with Gasteiger partial charge in [0.1, 0.15) is 5.52 Å². The van der Waals surface area contributed by atoms with Gasteiger partial charge in [0.25, 0.3) is 0 Å². The minimum absolute atomic E-state index is 0.474. The van der Waals surface area contributed by atoms with E-state index in [0.29, 0.717) is 11.8 Å². The van der Waals surface area contributed by atoms with Crippen LogP contribution < -0.4 is 0 Å². The Hall–Kier alpha value is -4.63. The number of hydrogen-bond acceptors (Lipinski definition) is 2. The van der Waals surface area contributed by atoms with Crippen molar-refractivity contribution < 1.29 is 4.42 Å². The first-order valence-corrected chi connectivity index (χ1v) is 12.8. The summed E-state index contributed by atoms with van der Waals surface area (Å²) in [4.78, 5) is 4.64. The Morgan fingerprint density at radius 1 is 0.622 bits per heavy atom. The summed E-state index contributed by atoms with van der Waals surface area (Å²) in [6.45, 7) is 4.50. The highest BCUT2D eigenvalue weighted by molar-refractivity contribution is 6.10. The van der Waals surface area contributed by atoms with Crippen LogP contribution in [0.2, 0.25) is 0 Å². The second-order valence-electron chi connectivity index (χ2n) is 9.90. The maximum absolute atomic E-state index is 5.97. The van der Waals surface area contributed by atoms with Crippen LogP contribution in [0.1, 0.15) is 25.3 Å². The van der Waals surface area contributed by atoms with Gasteiger partial charge in [-0.1, -0.05) is 68.4 Å². The number of rotatable bonds is 4. The van der Waals surface area contributed by atoms with Crippen LogP contribution in [0.5, 0.6) is 0 Å². The third kappa shape index (κ3) is 3.63. The maximum Gasteiger partial charge on any atom is 0.227 e. The van der Waals surface area contributed by atoms with Crippen LogP contribution in [-0.4, -0.2) is 9.55 Å². The molecule has 0 amide bonds. The van der Waals surface area contributed by atoms with Gasteiger partial charge in [-0.05, 0) is 83.3 Å². The Morgan fingerprint density at radius 3 is 2.03 bits per heavy atom. The number of hydrogen-bond donors (Lipinski definition) is 0. The zero-order valence-corrected chi connectivity index (χ0v) is 20.8. The molecule has 0 atom stereocenters. The predicted molar refractivity (Wildman–Crippen MR) is 153 cm³/mol. The zero-order chi connectivity index (χ0) is 24.9. The quantitative estimate of drug-likeness (QED) is 0.252. The molecule has 0 aliphatic heterocycles. The van der Waals surface area contributed by atoms with Crippen molar-refractivity contribution in [2.45, 2.75) is 19.8 Å². The first-order valence-electron chi connectivity index (χ1n) is 12.8. The van der Waals surface area contributed by atoms with E-state index in [1.165, 1.54) is 44.2 Å². The van der Waals surface area contributed by atoms with Gasteiger partial charge in [-0.2, -0.15) is 0 Å². The average molecular weight is 479 g/mol. The first-order chi connectivity index (χ1) is 18.2. The number of oxazole rings is 1. The molecule has 5 aromatic carbocycles. The van der Waals surface area contributed by atoms with Crippen molar-refractivity contribution in [1.82, 2.24) is 9.55 Å². The Bertz CT molecular complexity index is 1860. The van der Waals surface area contributed by atoms with Crippen LogP contribution in [0.4, 0.5) is 0 Å². The fourth-order valence-corrected chi connectivity index (χ4v) is 5.24. The van der Waals surface area contributed by atoms with E-state index in [2.05, 4.69) is 114 Å². The van der Waals surface area contributed by atoms with Crippen LogP contribution in [0.25, 0.3) is 61.2 Å². The molecule has 0 bridgehead atoms. The lowest BCUT2D eigenvalue weighted by Gasteiger charge is -2.09. The van der Waals surface area contributed by atoms with E-state index in [-0.39, 0.29) is 0 Å². The molecular formula is C34H26N2O. The highest BCUT2D eigenvalue weighted by Gasteiger charge is 2.15. The molecule has 2 aromatic heterocycles. The van der Waals surface area contributed by atoms with Crippen LogP contribution in [0.3, 0.4) is 0 Å². The number of benzene rings is 5. The molecule has 0 N–H and O–H groups in total. The zero-order valence-electron chi connectivity index (χ0n) is 20.8. The van der Waals surface area contributed by atoms with Crippen molar-refractivity contribution >= 4 is 32.9 Å². The van der Waals surface area contributed by atoms with Crippen molar-refractivity contribution in [3.63, 3.8) is 0 Å². The number of fused-ring (bicyclic) bond motifs is 4. The van der Waals surface area contributed by atoms with E-state index in [1.54, 1.807) is 0 Å². The van der Waals surface area contributed by atoms with Gasteiger partial charge in [0, 0.05) is 22.0 Å². The van der Waals surface area contributed by atoms with Gasteiger partial charge in [0.2, 0.25) is 5.89 Å². The smallest absolute Gasteiger partial charge is 0.227 e. The molecule has 0 saturated carbocycles. The van der Waals surface area contributed by atoms with Gasteiger partial charge in [-0.25, -0.2) is 4.98 Å². The summed E-state index contributed by atoms with van der Waals surface area (Å²) < 4.78 is 8.34. The van der Waals surface area contributed by atoms with E-state index in [9.17, 15) is 0 Å². The van der Waals surface area contributed by atoms with Gasteiger partial charge in [0.05, 0.1) is 11.0 Å². The van der Waals surface area contributed by atoms with Crippen LogP contribution in [0.15, 0.2) is 120 Å². The van der Waals surface area contributed by atoms with Crippen molar-refractivity contribution in [3.05, 3.63) is 121 Å². The number of nitrogens with zero attached hydrogens (tertiary/aromatic N) is 2. The third-order valence-corrected chi connectivity index (χ3v) is 7.23. The van der Waals surface area contributed by atoms with Crippen molar-refractivity contribution in [2.24, 2.45) is 0 Å². The van der Waals surface area contributed by atoms with E-state index in [1.807, 2.05) is 24.3 Å². The van der Waals surface area contributed by atoms with Gasteiger partial charge >= 0.3 is 0 Å². The van der Waals surface area contributed by atoms with Crippen LogP contribution in [0, 0.1) is 0 Å². The molecular weight excluding hydrogens is 452 g/mol. The molecule has 7 aromatic rings. The molecule has 0 radical (unpaired) electrons. The lowest BCUT2D eigenvalue weighted by atomic mass is 9.98. The Kier molecular flexibility index (Phi) is 4.97. The molecule has 37 heavy (non-hydrogen) atoms. The Morgan fingerprint density at radius 2 is 1.27 bits per heavy atom. The molecule has 0 fully saturated rings. The summed E-state index contributed by atoms with van der Waals surface area (Å²) in [5.41, 5.74) is 10.0. The van der Waals surface area contributed by atoms with Crippen LogP contribution in [-0.2, 0) is 0 Å². The summed E-state index contributed by atoms with van der Waals surface area (Å²) in [6.07, 6.45) is 0. The minimum atomic E-state index is 0.474. The van der Waals surface area contributed by atoms with E-state index >= 15 is 0 Å². The normalized spacial score (nSPS) is 11.8. The predicted octanol–water partition coefficient (Wildman–Crippen LogP) is 9.38. The van der Waals surface area contributed by atoms with Gasteiger partial charge < -0.3 is 8.98 Å². The summed E-state index contributed by atoms with van der Waals surface area (Å²) in [5.74, 6) is 1.12. The van der Waals surface area contributed by atoms with Gasteiger partial charge in [-0.3, -0.25) is 0 Å². The number of para-hydroxylation sites is 3. The molecule has 0 aliphatic rings. The van der Waals surface area contributed by atoms with Crippen molar-refractivity contribution in [1.29, 1.82) is 0 Å². The lowest BCUT2D eigenvalue weighted by molar-refractivity contribution is 0.620. The first kappa shape index (κ1) is 21.6. The van der Waals surface area contributed by atoms with Crippen LogP contribution >= 0.6 is 0 Å². The Balaban J connectivity index is 1.36. The summed E-state index contributed by atoms with van der Waals surface area (Å²) >= 11 is 0. The fraction of sp³-hybridized carbons (Fsp3) is 0.0882. The topological polar surface area (TPSA) is 31.0 Å². The molecule has 3 heteroatoms. The van der Waals surface area contributed by atoms with Gasteiger partial charge in [0.15, 0.2) is 5.58 Å². The van der Waals surface area contributed by atoms with E-state index < -0.39 is 0 Å². The molecule has 2 heterocycles. The fourth-order valence-electron chi connectivity index (χ4n) is 5.24. The summed E-state index contributed by atoms with van der Waals surface area (Å²) in [7, 11) is 0. The lowest BCUT2D eigenvalue weighted by Crippen LogP contribution is -1.93. The SMILES string of the molecule is CC(C)c1ccc2c(c1)c1cc(-c3ccc(-c4nc5ccccc5o4)cc3)ccc1n2-c1ccccc1. The standard InChI is InChI=1S/C34H26N2O/c1-22(2)25-16-18-31-28(20-25)29-21-26(17-19-32(29)36(31)27-8-4-3-5-9-27)23-12-14-24(15-13-23)34-35-30-10-6-7-11-33(30)37-34/h3-22H,1-2H3. The summed E-state index contributed by atoms with van der Waals surface area (Å²) in [5, 5.41) is 2.55. The second-order valence-corrected chi connectivity index (χ2v) is 9.90. The average Bonchev–Trinajstić information content (AvgIpc) is 3.52. The molecule has 3 nitrogen and oxygen atoms in total. The minimum Gasteiger partial charge on any atom is -0.436 e. The highest BCUT2D eigenvalue weighted by atomic mass is 16.3. The highest BCUT2D eigenvalue weighted by Crippen LogP contribution is 2.37. The largest absolute Gasteiger partial charge is 0.436 e. The summed E-state index contributed by atoms with van der Waals surface area (Å²) in [6, 6.07) is 40.7. The number of aromatic nitrogens is 2. The molecule has 0 spiro atoms. The van der Waals surface area contributed by atoms with E-state index in [0.717, 1.165) is 16.7 Å². The second kappa shape index (κ2) is 8.49. The van der Waals surface area contributed by atoms with Crippen molar-refractivity contribution in [2.75, 3.05) is 0 Å². The molecule has 0 unspecified atom stereocenters. The molecule has 178 valence electrons. The van der Waals surface area contributed by atoms with Crippen molar-refractivity contribution in [3.8, 4) is 28.3 Å². The molecule has 0 aliphatic carbocycles. The molecule has 0 saturated heterocycles. The van der Waals surface area contributed by atoms with Gasteiger partial charge in [-0.15, -0.1) is 0 Å². The van der Waals surface area contributed by atoms with E-state index in [4.69, 9.17) is 4.42 Å². The third-order valence-electron chi connectivity index (χ3n) is 7.23. The Labute approximate surface area is 215 Å².